The molecule has 1 rings (SSSR count). The van der Waals surface area contributed by atoms with Gasteiger partial charge in [0.15, 0.2) is 0 Å². The first-order chi connectivity index (χ1) is 5.34. The molecule has 1 heterocycles. The largest absolute Gasteiger partial charge is 0.308 e. The van der Waals surface area contributed by atoms with Crippen molar-refractivity contribution in [1.29, 1.82) is 0 Å². The zero-order chi connectivity index (χ0) is 8.69. The normalized spacial score (nSPS) is 8.00. The molecule has 0 saturated carbocycles. The number of hydrazine groups is 1. The molecule has 0 aliphatic heterocycles. The molecule has 11 heavy (non-hydrogen) atoms. The van der Waals surface area contributed by atoms with E-state index in [9.17, 15) is 0 Å². The molecule has 1 aromatic heterocycles. The fourth-order valence-corrected chi connectivity index (χ4v) is 0.637. The first kappa shape index (κ1) is 9.91. The van der Waals surface area contributed by atoms with Gasteiger partial charge in [0.25, 0.3) is 0 Å². The Labute approximate surface area is 67.6 Å². The van der Waals surface area contributed by atoms with Gasteiger partial charge in [-0.2, -0.15) is 0 Å². The van der Waals surface area contributed by atoms with Crippen molar-refractivity contribution in [3.63, 3.8) is 0 Å². The van der Waals surface area contributed by atoms with Crippen LogP contribution in [0.25, 0.3) is 0 Å². The molecule has 0 fully saturated rings. The molecule has 0 aliphatic carbocycles. The van der Waals surface area contributed by atoms with Gasteiger partial charge in [0.2, 0.25) is 0 Å². The molecule has 0 atom stereocenters. The van der Waals surface area contributed by atoms with Gasteiger partial charge >= 0.3 is 0 Å². The molecule has 0 saturated heterocycles. The summed E-state index contributed by atoms with van der Waals surface area (Å²) >= 11 is 0. The third kappa shape index (κ3) is 3.00. The smallest absolute Gasteiger partial charge is 0.142 e. The maximum absolute atomic E-state index is 5.14. The number of aromatic nitrogens is 1. The minimum atomic E-state index is 0.734. The molecule has 0 spiro atoms. The molecular weight excluding hydrogens is 138 g/mol. The summed E-state index contributed by atoms with van der Waals surface area (Å²) in [5.41, 5.74) is 3.54. The van der Waals surface area contributed by atoms with E-state index in [0.29, 0.717) is 0 Å². The lowest BCUT2D eigenvalue weighted by Crippen LogP contribution is -2.09. The summed E-state index contributed by atoms with van der Waals surface area (Å²) in [6, 6.07) is 3.82. The number of hydrogen-bond acceptors (Lipinski definition) is 3. The second-order valence-corrected chi connectivity index (χ2v) is 1.81. The summed E-state index contributed by atoms with van der Waals surface area (Å²) in [5.74, 6) is 5.87. The molecule has 3 heteroatoms. The van der Waals surface area contributed by atoms with Crippen LogP contribution in [0.5, 0.6) is 0 Å². The minimum Gasteiger partial charge on any atom is -0.308 e. The fourth-order valence-electron chi connectivity index (χ4n) is 0.637. The average molecular weight is 153 g/mol. The Morgan fingerprint density at radius 3 is 2.45 bits per heavy atom. The van der Waals surface area contributed by atoms with E-state index in [-0.39, 0.29) is 0 Å². The number of hydrogen-bond donors (Lipinski definition) is 2. The van der Waals surface area contributed by atoms with Crippen LogP contribution in [0.4, 0.5) is 5.82 Å². The lowest BCUT2D eigenvalue weighted by atomic mass is 10.3. The highest BCUT2D eigenvalue weighted by Gasteiger charge is 1.90. The average Bonchev–Trinajstić information content (AvgIpc) is 2.09. The minimum absolute atomic E-state index is 0.734. The van der Waals surface area contributed by atoms with E-state index in [1.807, 2.05) is 32.9 Å². The first-order valence-corrected chi connectivity index (χ1v) is 3.73. The number of anilines is 1. The van der Waals surface area contributed by atoms with E-state index in [4.69, 9.17) is 5.84 Å². The predicted molar refractivity (Wildman–Crippen MR) is 48.1 cm³/mol. The fraction of sp³-hybridized carbons (Fsp3) is 0.375. The van der Waals surface area contributed by atoms with Gasteiger partial charge in [-0.3, -0.25) is 0 Å². The Bertz CT molecular complexity index is 198. The van der Waals surface area contributed by atoms with Crippen LogP contribution in [0, 0.1) is 6.92 Å². The van der Waals surface area contributed by atoms with E-state index in [2.05, 4.69) is 10.4 Å². The second kappa shape index (κ2) is 5.68. The molecule has 62 valence electrons. The summed E-state index contributed by atoms with van der Waals surface area (Å²) in [7, 11) is 0. The van der Waals surface area contributed by atoms with Crippen LogP contribution in [0.3, 0.4) is 0 Å². The van der Waals surface area contributed by atoms with Crippen LogP contribution >= 0.6 is 0 Å². The van der Waals surface area contributed by atoms with E-state index < -0.39 is 0 Å². The maximum Gasteiger partial charge on any atom is 0.142 e. The lowest BCUT2D eigenvalue weighted by molar-refractivity contribution is 1.19. The van der Waals surface area contributed by atoms with Gasteiger partial charge in [-0.15, -0.1) is 0 Å². The van der Waals surface area contributed by atoms with Crippen molar-refractivity contribution in [2.45, 2.75) is 20.8 Å². The van der Waals surface area contributed by atoms with Crippen LogP contribution in [0.15, 0.2) is 18.3 Å². The van der Waals surface area contributed by atoms with Gasteiger partial charge in [0.05, 0.1) is 0 Å². The van der Waals surface area contributed by atoms with Gasteiger partial charge in [-0.25, -0.2) is 10.8 Å². The van der Waals surface area contributed by atoms with Gasteiger partial charge in [-0.1, -0.05) is 19.9 Å². The van der Waals surface area contributed by atoms with Gasteiger partial charge in [0, 0.05) is 6.20 Å². The van der Waals surface area contributed by atoms with Crippen LogP contribution in [0.1, 0.15) is 19.4 Å². The molecule has 1 aromatic rings. The zero-order valence-corrected chi connectivity index (χ0v) is 7.26. The standard InChI is InChI=1S/C6H9N3.C2H6/c1-5-3-2-4-8-6(5)9-7;1-2/h2-4H,7H2,1H3,(H,8,9);1-2H3. The number of nitrogens with zero attached hydrogens (tertiary/aromatic N) is 1. The zero-order valence-electron chi connectivity index (χ0n) is 7.26. The van der Waals surface area contributed by atoms with Crippen LogP contribution in [-0.2, 0) is 0 Å². The Kier molecular flexibility index (Phi) is 5.11. The highest BCUT2D eigenvalue weighted by molar-refractivity contribution is 5.40. The number of rotatable bonds is 1. The number of aryl methyl sites for hydroxylation is 1. The number of nitrogens with one attached hydrogen (secondary N) is 1. The molecule has 3 N–H and O–H groups in total. The molecule has 0 radical (unpaired) electrons. The van der Waals surface area contributed by atoms with Crippen molar-refractivity contribution >= 4 is 5.82 Å². The van der Waals surface area contributed by atoms with Crippen molar-refractivity contribution in [2.24, 2.45) is 5.84 Å². The van der Waals surface area contributed by atoms with E-state index in [1.165, 1.54) is 0 Å². The Hall–Kier alpha value is -1.09. The van der Waals surface area contributed by atoms with E-state index >= 15 is 0 Å². The highest BCUT2D eigenvalue weighted by Crippen LogP contribution is 2.05. The summed E-state index contributed by atoms with van der Waals surface area (Å²) in [6.07, 6.45) is 1.70. The molecule has 0 aliphatic rings. The summed E-state index contributed by atoms with van der Waals surface area (Å²) in [4.78, 5) is 3.96. The molecule has 0 amide bonds. The van der Waals surface area contributed by atoms with Crippen LogP contribution in [-0.4, -0.2) is 4.98 Å². The molecular formula is C8H15N3. The summed E-state index contributed by atoms with van der Waals surface area (Å²) < 4.78 is 0. The predicted octanol–water partition coefficient (Wildman–Crippen LogP) is 1.70. The maximum atomic E-state index is 5.14. The topological polar surface area (TPSA) is 50.9 Å². The molecule has 0 unspecified atom stereocenters. The third-order valence-electron chi connectivity index (χ3n) is 1.15. The number of nitrogen functional groups attached to an aromatic ring is 1. The van der Waals surface area contributed by atoms with Gasteiger partial charge in [-0.05, 0) is 18.6 Å². The SMILES string of the molecule is CC.Cc1cccnc1NN. The Morgan fingerprint density at radius 1 is 1.45 bits per heavy atom. The lowest BCUT2D eigenvalue weighted by Gasteiger charge is -1.99. The molecule has 0 aromatic carbocycles. The van der Waals surface area contributed by atoms with Crippen LogP contribution in [0.2, 0.25) is 0 Å². The first-order valence-electron chi connectivity index (χ1n) is 3.73. The highest BCUT2D eigenvalue weighted by atomic mass is 15.2. The molecule has 0 bridgehead atoms. The Morgan fingerprint density at radius 2 is 2.09 bits per heavy atom. The van der Waals surface area contributed by atoms with Crippen molar-refractivity contribution in [3.05, 3.63) is 23.9 Å². The molecule has 3 nitrogen and oxygen atoms in total. The van der Waals surface area contributed by atoms with Crippen molar-refractivity contribution < 1.29 is 0 Å². The van der Waals surface area contributed by atoms with Crippen molar-refractivity contribution in [2.75, 3.05) is 5.43 Å². The number of pyridine rings is 1. The monoisotopic (exact) mass is 153 g/mol. The summed E-state index contributed by atoms with van der Waals surface area (Å²) in [6.45, 7) is 5.95. The van der Waals surface area contributed by atoms with Crippen LogP contribution < -0.4 is 11.3 Å². The summed E-state index contributed by atoms with van der Waals surface area (Å²) in [5, 5.41) is 0. The van der Waals surface area contributed by atoms with Crippen molar-refractivity contribution in [1.82, 2.24) is 4.98 Å². The second-order valence-electron chi connectivity index (χ2n) is 1.81. The van der Waals surface area contributed by atoms with Gasteiger partial charge < -0.3 is 5.43 Å². The quantitative estimate of drug-likeness (QED) is 0.477. The third-order valence-corrected chi connectivity index (χ3v) is 1.15. The van der Waals surface area contributed by atoms with Crippen molar-refractivity contribution in [3.8, 4) is 0 Å². The van der Waals surface area contributed by atoms with Gasteiger partial charge in [0.1, 0.15) is 5.82 Å². The number of nitrogens with two attached hydrogens (primary N) is 1. The van der Waals surface area contributed by atoms with E-state index in [0.717, 1.165) is 11.4 Å². The van der Waals surface area contributed by atoms with E-state index in [1.54, 1.807) is 6.20 Å². The Balaban J connectivity index is 0.000000461.